The Morgan fingerprint density at radius 2 is 2.05 bits per heavy atom. The van der Waals surface area contributed by atoms with E-state index in [1.165, 1.54) is 6.42 Å². The van der Waals surface area contributed by atoms with Gasteiger partial charge < -0.3 is 10.2 Å². The van der Waals surface area contributed by atoms with Crippen molar-refractivity contribution in [1.82, 2.24) is 10.2 Å². The minimum Gasteiger partial charge on any atom is -0.340 e. The van der Waals surface area contributed by atoms with Gasteiger partial charge in [-0.25, -0.2) is 0 Å². The summed E-state index contributed by atoms with van der Waals surface area (Å²) in [5.74, 6) is 1.25. The maximum atomic E-state index is 12.8. The summed E-state index contributed by atoms with van der Waals surface area (Å²) >= 11 is 1.94. The summed E-state index contributed by atoms with van der Waals surface area (Å²) in [4.78, 5) is 27.0. The zero-order valence-corrected chi connectivity index (χ0v) is 13.8. The standard InChI is InChI=1S/C15H26N2O2S/c1-5-11-12(18)16-15(4,6-2)13(19)17(11)10-14(3)8-7-9-20-14/h11H,5-10H2,1-4H3,(H,16,18). The van der Waals surface area contributed by atoms with Crippen molar-refractivity contribution in [1.29, 1.82) is 0 Å². The van der Waals surface area contributed by atoms with Gasteiger partial charge in [0, 0.05) is 11.3 Å². The van der Waals surface area contributed by atoms with Crippen LogP contribution in [-0.4, -0.2) is 45.3 Å². The van der Waals surface area contributed by atoms with E-state index in [-0.39, 0.29) is 22.6 Å². The van der Waals surface area contributed by atoms with Crippen LogP contribution in [0.1, 0.15) is 53.4 Å². The zero-order valence-electron chi connectivity index (χ0n) is 13.0. The van der Waals surface area contributed by atoms with Gasteiger partial charge in [-0.05, 0) is 45.3 Å². The van der Waals surface area contributed by atoms with Crippen molar-refractivity contribution in [2.45, 2.75) is 69.7 Å². The van der Waals surface area contributed by atoms with Gasteiger partial charge in [-0.15, -0.1) is 0 Å². The van der Waals surface area contributed by atoms with E-state index in [9.17, 15) is 9.59 Å². The summed E-state index contributed by atoms with van der Waals surface area (Å²) in [5, 5.41) is 2.92. The summed E-state index contributed by atoms with van der Waals surface area (Å²) in [7, 11) is 0. The Balaban J connectivity index is 2.25. The van der Waals surface area contributed by atoms with Crippen LogP contribution in [0.2, 0.25) is 0 Å². The van der Waals surface area contributed by atoms with Crippen molar-refractivity contribution in [3.8, 4) is 0 Å². The number of hydrogen-bond donors (Lipinski definition) is 1. The molecule has 0 bridgehead atoms. The van der Waals surface area contributed by atoms with Gasteiger partial charge in [-0.1, -0.05) is 13.8 Å². The van der Waals surface area contributed by atoms with Crippen LogP contribution < -0.4 is 5.32 Å². The van der Waals surface area contributed by atoms with Crippen LogP contribution in [-0.2, 0) is 9.59 Å². The number of amides is 2. The van der Waals surface area contributed by atoms with Crippen molar-refractivity contribution in [3.05, 3.63) is 0 Å². The number of nitrogens with one attached hydrogen (secondary N) is 1. The van der Waals surface area contributed by atoms with Gasteiger partial charge in [0.05, 0.1) is 0 Å². The highest BCUT2D eigenvalue weighted by atomic mass is 32.2. The van der Waals surface area contributed by atoms with Gasteiger partial charge >= 0.3 is 0 Å². The summed E-state index contributed by atoms with van der Waals surface area (Å²) < 4.78 is 0.106. The summed E-state index contributed by atoms with van der Waals surface area (Å²) in [6.07, 6.45) is 3.64. The van der Waals surface area contributed by atoms with Gasteiger partial charge in [-0.2, -0.15) is 11.8 Å². The lowest BCUT2D eigenvalue weighted by Gasteiger charge is -2.46. The molecule has 5 heteroatoms. The van der Waals surface area contributed by atoms with Crippen LogP contribution in [0.4, 0.5) is 0 Å². The SMILES string of the molecule is CCC1C(=O)NC(C)(CC)C(=O)N1CC1(C)CCCS1. The molecule has 0 aromatic rings. The predicted molar refractivity (Wildman–Crippen MR) is 82.7 cm³/mol. The molecule has 2 aliphatic heterocycles. The first-order chi connectivity index (χ1) is 9.35. The maximum absolute atomic E-state index is 12.8. The highest BCUT2D eigenvalue weighted by Gasteiger charge is 2.48. The fraction of sp³-hybridized carbons (Fsp3) is 0.867. The van der Waals surface area contributed by atoms with E-state index in [1.54, 1.807) is 0 Å². The van der Waals surface area contributed by atoms with Crippen LogP contribution in [0.15, 0.2) is 0 Å². The lowest BCUT2D eigenvalue weighted by Crippen LogP contribution is -2.70. The van der Waals surface area contributed by atoms with Gasteiger partial charge in [0.25, 0.3) is 0 Å². The molecule has 20 heavy (non-hydrogen) atoms. The molecule has 2 rings (SSSR count). The normalized spacial score (nSPS) is 38.2. The molecule has 0 aromatic carbocycles. The summed E-state index contributed by atoms with van der Waals surface area (Å²) in [6.45, 7) is 8.69. The molecule has 2 aliphatic rings. The molecule has 4 nitrogen and oxygen atoms in total. The molecular weight excluding hydrogens is 272 g/mol. The number of piperazine rings is 1. The number of rotatable bonds is 4. The lowest BCUT2D eigenvalue weighted by atomic mass is 9.90. The number of nitrogens with zero attached hydrogens (tertiary/aromatic N) is 1. The highest BCUT2D eigenvalue weighted by Crippen LogP contribution is 2.39. The first-order valence-corrected chi connectivity index (χ1v) is 8.61. The third-order valence-electron chi connectivity index (χ3n) is 4.71. The van der Waals surface area contributed by atoms with Crippen LogP contribution >= 0.6 is 11.8 Å². The minimum absolute atomic E-state index is 0.00282. The van der Waals surface area contributed by atoms with Crippen LogP contribution in [0.25, 0.3) is 0 Å². The van der Waals surface area contributed by atoms with E-state index < -0.39 is 5.54 Å². The second kappa shape index (κ2) is 5.58. The molecule has 3 unspecified atom stereocenters. The number of carbonyl (C=O) groups excluding carboxylic acids is 2. The Bertz CT molecular complexity index is 407. The molecule has 0 aliphatic carbocycles. The monoisotopic (exact) mass is 298 g/mol. The van der Waals surface area contributed by atoms with Crippen molar-refractivity contribution in [2.75, 3.05) is 12.3 Å². The van der Waals surface area contributed by atoms with E-state index in [4.69, 9.17) is 0 Å². The van der Waals surface area contributed by atoms with Gasteiger partial charge in [0.15, 0.2) is 0 Å². The third kappa shape index (κ3) is 2.69. The molecular formula is C15H26N2O2S. The Kier molecular flexibility index (Phi) is 4.38. The Hall–Kier alpha value is -0.710. The molecule has 0 saturated carbocycles. The van der Waals surface area contributed by atoms with E-state index in [1.807, 2.05) is 37.4 Å². The highest BCUT2D eigenvalue weighted by molar-refractivity contribution is 8.00. The summed E-state index contributed by atoms with van der Waals surface area (Å²) in [5.41, 5.74) is -0.734. The lowest BCUT2D eigenvalue weighted by molar-refractivity contribution is -0.155. The fourth-order valence-corrected chi connectivity index (χ4v) is 4.46. The van der Waals surface area contributed by atoms with Crippen molar-refractivity contribution < 1.29 is 9.59 Å². The zero-order chi connectivity index (χ0) is 15.0. The van der Waals surface area contributed by atoms with Gasteiger partial charge in [0.2, 0.25) is 11.8 Å². The van der Waals surface area contributed by atoms with Crippen molar-refractivity contribution in [3.63, 3.8) is 0 Å². The van der Waals surface area contributed by atoms with E-state index in [0.29, 0.717) is 19.4 Å². The molecule has 0 spiro atoms. The first kappa shape index (κ1) is 15.7. The smallest absolute Gasteiger partial charge is 0.248 e. The molecule has 1 N–H and O–H groups in total. The van der Waals surface area contributed by atoms with E-state index in [0.717, 1.165) is 12.2 Å². The Morgan fingerprint density at radius 3 is 2.55 bits per heavy atom. The fourth-order valence-electron chi connectivity index (χ4n) is 3.16. The molecule has 3 atom stereocenters. The van der Waals surface area contributed by atoms with Crippen molar-refractivity contribution in [2.24, 2.45) is 0 Å². The topological polar surface area (TPSA) is 49.4 Å². The number of hydrogen-bond acceptors (Lipinski definition) is 3. The Morgan fingerprint density at radius 1 is 1.35 bits per heavy atom. The molecule has 2 fully saturated rings. The van der Waals surface area contributed by atoms with Gasteiger partial charge in [0.1, 0.15) is 11.6 Å². The van der Waals surface area contributed by atoms with E-state index >= 15 is 0 Å². The number of thioether (sulfide) groups is 1. The largest absolute Gasteiger partial charge is 0.340 e. The van der Waals surface area contributed by atoms with Gasteiger partial charge in [-0.3, -0.25) is 9.59 Å². The summed E-state index contributed by atoms with van der Waals surface area (Å²) in [6, 6.07) is -0.305. The van der Waals surface area contributed by atoms with Crippen LogP contribution in [0.5, 0.6) is 0 Å². The molecule has 0 aromatic heterocycles. The molecule has 0 radical (unpaired) electrons. The van der Waals surface area contributed by atoms with Crippen molar-refractivity contribution >= 4 is 23.6 Å². The molecule has 114 valence electrons. The van der Waals surface area contributed by atoms with Crippen LogP contribution in [0.3, 0.4) is 0 Å². The quantitative estimate of drug-likeness (QED) is 0.865. The van der Waals surface area contributed by atoms with Crippen LogP contribution in [0, 0.1) is 0 Å². The second-order valence-electron chi connectivity index (χ2n) is 6.43. The first-order valence-electron chi connectivity index (χ1n) is 7.62. The second-order valence-corrected chi connectivity index (χ2v) is 8.12. The molecule has 2 amide bonds. The molecule has 2 saturated heterocycles. The predicted octanol–water partition coefficient (Wildman–Crippen LogP) is 2.18. The maximum Gasteiger partial charge on any atom is 0.248 e. The molecule has 2 heterocycles. The average Bonchev–Trinajstić information content (AvgIpc) is 2.83. The van der Waals surface area contributed by atoms with E-state index in [2.05, 4.69) is 12.2 Å². The third-order valence-corrected chi connectivity index (χ3v) is 6.23. The average molecular weight is 298 g/mol. The number of carbonyl (C=O) groups is 2. The minimum atomic E-state index is -0.734. The Labute approximate surface area is 126 Å².